The standard InChI is InChI=1S/C18H24BrN5.HI/c1-20-18(23(2)12-14-6-8-15(19)9-7-14)21-11-16-13-24-10-4-3-5-17(24)22-16;/h6-9,13H,3-5,10-12H2,1-2H3,(H,20,21);1H. The van der Waals surface area contributed by atoms with Crippen molar-refractivity contribution < 1.29 is 0 Å². The van der Waals surface area contributed by atoms with Crippen molar-refractivity contribution in [1.82, 2.24) is 19.8 Å². The van der Waals surface area contributed by atoms with Crippen LogP contribution in [0.4, 0.5) is 0 Å². The smallest absolute Gasteiger partial charge is 0.194 e. The second kappa shape index (κ2) is 9.56. The first-order chi connectivity index (χ1) is 11.7. The first kappa shape index (κ1) is 20.2. The van der Waals surface area contributed by atoms with Crippen molar-refractivity contribution in [2.75, 3.05) is 14.1 Å². The quantitative estimate of drug-likeness (QED) is 0.381. The van der Waals surface area contributed by atoms with Crippen molar-refractivity contribution in [3.63, 3.8) is 0 Å². The van der Waals surface area contributed by atoms with Crippen LogP contribution in [0, 0.1) is 0 Å². The molecule has 0 saturated carbocycles. The van der Waals surface area contributed by atoms with E-state index in [2.05, 4.69) is 73.2 Å². The Kier molecular flexibility index (Phi) is 7.74. The van der Waals surface area contributed by atoms with Gasteiger partial charge in [-0.05, 0) is 30.5 Å². The van der Waals surface area contributed by atoms with E-state index in [9.17, 15) is 0 Å². The highest BCUT2D eigenvalue weighted by molar-refractivity contribution is 14.0. The molecule has 5 nitrogen and oxygen atoms in total. The number of nitrogens with one attached hydrogen (secondary N) is 1. The van der Waals surface area contributed by atoms with Crippen molar-refractivity contribution in [3.05, 3.63) is 52.0 Å². The summed E-state index contributed by atoms with van der Waals surface area (Å²) in [5.41, 5.74) is 2.34. The fraction of sp³-hybridized carbons (Fsp3) is 0.444. The Bertz CT molecular complexity index is 687. The monoisotopic (exact) mass is 517 g/mol. The molecule has 1 aromatic heterocycles. The van der Waals surface area contributed by atoms with E-state index in [4.69, 9.17) is 4.98 Å². The maximum absolute atomic E-state index is 4.73. The third-order valence-electron chi connectivity index (χ3n) is 4.29. The van der Waals surface area contributed by atoms with E-state index in [-0.39, 0.29) is 24.0 Å². The van der Waals surface area contributed by atoms with E-state index in [1.165, 1.54) is 24.2 Å². The Morgan fingerprint density at radius 2 is 2.08 bits per heavy atom. The maximum atomic E-state index is 4.73. The van der Waals surface area contributed by atoms with Crippen LogP contribution in [0.1, 0.15) is 29.9 Å². The number of hydrogen-bond acceptors (Lipinski definition) is 2. The fourth-order valence-corrected chi connectivity index (χ4v) is 3.31. The Morgan fingerprint density at radius 3 is 2.76 bits per heavy atom. The van der Waals surface area contributed by atoms with E-state index < -0.39 is 0 Å². The van der Waals surface area contributed by atoms with E-state index in [1.54, 1.807) is 0 Å². The molecular weight excluding hydrogens is 493 g/mol. The van der Waals surface area contributed by atoms with Gasteiger partial charge in [-0.3, -0.25) is 4.99 Å². The van der Waals surface area contributed by atoms with Crippen molar-refractivity contribution in [2.45, 2.75) is 38.9 Å². The highest BCUT2D eigenvalue weighted by atomic mass is 127. The molecule has 0 bridgehead atoms. The van der Waals surface area contributed by atoms with Crippen LogP contribution in [0.3, 0.4) is 0 Å². The Morgan fingerprint density at radius 1 is 1.32 bits per heavy atom. The van der Waals surface area contributed by atoms with E-state index in [0.29, 0.717) is 6.54 Å². The number of fused-ring (bicyclic) bond motifs is 1. The number of nitrogens with zero attached hydrogens (tertiary/aromatic N) is 4. The summed E-state index contributed by atoms with van der Waals surface area (Å²) >= 11 is 3.47. The van der Waals surface area contributed by atoms with Crippen LogP contribution in [0.15, 0.2) is 39.9 Å². The van der Waals surface area contributed by atoms with Crippen molar-refractivity contribution in [3.8, 4) is 0 Å². The van der Waals surface area contributed by atoms with Crippen LogP contribution in [0.5, 0.6) is 0 Å². The number of aryl methyl sites for hydroxylation is 2. The van der Waals surface area contributed by atoms with Crippen molar-refractivity contribution >= 4 is 45.9 Å². The highest BCUT2D eigenvalue weighted by Crippen LogP contribution is 2.15. The molecule has 7 heteroatoms. The van der Waals surface area contributed by atoms with E-state index in [0.717, 1.165) is 35.6 Å². The molecule has 0 amide bonds. The van der Waals surface area contributed by atoms with Gasteiger partial charge in [0.2, 0.25) is 0 Å². The lowest BCUT2D eigenvalue weighted by molar-refractivity contribution is 0.476. The van der Waals surface area contributed by atoms with Gasteiger partial charge in [0.05, 0.1) is 12.2 Å². The number of hydrogen-bond donors (Lipinski definition) is 1. The molecule has 0 saturated heterocycles. The van der Waals surface area contributed by atoms with Crippen LogP contribution >= 0.6 is 39.9 Å². The van der Waals surface area contributed by atoms with E-state index in [1.807, 2.05) is 7.05 Å². The number of guanidine groups is 1. The summed E-state index contributed by atoms with van der Waals surface area (Å²) in [5, 5.41) is 3.42. The Balaban J connectivity index is 0.00000225. The van der Waals surface area contributed by atoms with Gasteiger partial charge in [0, 0.05) is 44.3 Å². The summed E-state index contributed by atoms with van der Waals surface area (Å²) in [6.07, 6.45) is 5.77. The average molecular weight is 518 g/mol. The predicted molar refractivity (Wildman–Crippen MR) is 116 cm³/mol. The topological polar surface area (TPSA) is 45.5 Å². The van der Waals surface area contributed by atoms with Crippen LogP contribution in [-0.4, -0.2) is 34.5 Å². The van der Waals surface area contributed by atoms with Gasteiger partial charge in [-0.15, -0.1) is 24.0 Å². The minimum atomic E-state index is 0. The lowest BCUT2D eigenvalue weighted by Gasteiger charge is -2.22. The zero-order valence-corrected chi connectivity index (χ0v) is 18.6. The molecule has 0 atom stereocenters. The van der Waals surface area contributed by atoms with Gasteiger partial charge in [-0.2, -0.15) is 0 Å². The molecule has 2 heterocycles. The van der Waals surface area contributed by atoms with Gasteiger partial charge in [0.1, 0.15) is 5.82 Å². The second-order valence-corrected chi connectivity index (χ2v) is 7.10. The average Bonchev–Trinajstić information content (AvgIpc) is 3.00. The number of benzene rings is 1. The number of halogens is 2. The van der Waals surface area contributed by atoms with Crippen LogP contribution in [0.25, 0.3) is 0 Å². The second-order valence-electron chi connectivity index (χ2n) is 6.18. The molecule has 0 spiro atoms. The lowest BCUT2D eigenvalue weighted by atomic mass is 10.2. The van der Waals surface area contributed by atoms with Crippen molar-refractivity contribution in [2.24, 2.45) is 4.99 Å². The molecule has 136 valence electrons. The number of aliphatic imine (C=N–C) groups is 1. The van der Waals surface area contributed by atoms with Crippen LogP contribution < -0.4 is 5.32 Å². The number of rotatable bonds is 4. The van der Waals surface area contributed by atoms with Crippen LogP contribution in [0.2, 0.25) is 0 Å². The number of aromatic nitrogens is 2. The molecule has 0 unspecified atom stereocenters. The largest absolute Gasteiger partial charge is 0.351 e. The SMILES string of the molecule is CN=C(NCc1cn2c(n1)CCCC2)N(C)Cc1ccc(Br)cc1.I. The summed E-state index contributed by atoms with van der Waals surface area (Å²) in [7, 11) is 3.87. The maximum Gasteiger partial charge on any atom is 0.194 e. The molecular formula is C18H25BrIN5. The van der Waals surface area contributed by atoms with Gasteiger partial charge in [-0.25, -0.2) is 4.98 Å². The minimum absolute atomic E-state index is 0. The molecule has 0 radical (unpaired) electrons. The van der Waals surface area contributed by atoms with Gasteiger partial charge < -0.3 is 14.8 Å². The lowest BCUT2D eigenvalue weighted by Crippen LogP contribution is -2.38. The molecule has 0 fully saturated rings. The third kappa shape index (κ3) is 5.44. The zero-order valence-electron chi connectivity index (χ0n) is 14.7. The van der Waals surface area contributed by atoms with Crippen LogP contribution in [-0.2, 0) is 26.1 Å². The Hall–Kier alpha value is -1.09. The zero-order chi connectivity index (χ0) is 16.9. The summed E-state index contributed by atoms with van der Waals surface area (Å²) in [6.45, 7) is 2.62. The molecule has 2 aromatic rings. The molecule has 1 N–H and O–H groups in total. The predicted octanol–water partition coefficient (Wildman–Crippen LogP) is 3.81. The van der Waals surface area contributed by atoms with Gasteiger partial charge in [-0.1, -0.05) is 28.1 Å². The first-order valence-electron chi connectivity index (χ1n) is 8.37. The Labute approximate surface area is 175 Å². The summed E-state index contributed by atoms with van der Waals surface area (Å²) in [4.78, 5) is 11.2. The first-order valence-corrected chi connectivity index (χ1v) is 9.16. The summed E-state index contributed by atoms with van der Waals surface area (Å²) < 4.78 is 3.38. The molecule has 25 heavy (non-hydrogen) atoms. The fourth-order valence-electron chi connectivity index (χ4n) is 3.05. The van der Waals surface area contributed by atoms with Gasteiger partial charge in [0.25, 0.3) is 0 Å². The summed E-state index contributed by atoms with van der Waals surface area (Å²) in [6, 6.07) is 8.37. The normalized spacial score (nSPS) is 13.8. The molecule has 0 aliphatic carbocycles. The summed E-state index contributed by atoms with van der Waals surface area (Å²) in [5.74, 6) is 2.10. The molecule has 3 rings (SSSR count). The molecule has 1 aliphatic rings. The third-order valence-corrected chi connectivity index (χ3v) is 4.82. The van der Waals surface area contributed by atoms with E-state index >= 15 is 0 Å². The molecule has 1 aliphatic heterocycles. The van der Waals surface area contributed by atoms with Crippen molar-refractivity contribution in [1.29, 1.82) is 0 Å². The van der Waals surface area contributed by atoms with Gasteiger partial charge in [0.15, 0.2) is 5.96 Å². The number of imidazole rings is 1. The van der Waals surface area contributed by atoms with Gasteiger partial charge >= 0.3 is 0 Å². The highest BCUT2D eigenvalue weighted by Gasteiger charge is 2.13. The molecule has 1 aromatic carbocycles. The minimum Gasteiger partial charge on any atom is -0.351 e.